The van der Waals surface area contributed by atoms with E-state index >= 15 is 0 Å². The van der Waals surface area contributed by atoms with Gasteiger partial charge in [0.1, 0.15) is 11.1 Å². The van der Waals surface area contributed by atoms with Crippen molar-refractivity contribution in [1.82, 2.24) is 19.8 Å². The van der Waals surface area contributed by atoms with Crippen molar-refractivity contribution in [2.45, 2.75) is 45.8 Å². The van der Waals surface area contributed by atoms with Gasteiger partial charge in [-0.05, 0) is 18.3 Å². The molecule has 2 unspecified atom stereocenters. The van der Waals surface area contributed by atoms with Crippen molar-refractivity contribution in [1.29, 1.82) is 0 Å². The second-order valence-corrected chi connectivity index (χ2v) is 7.03. The zero-order valence-corrected chi connectivity index (χ0v) is 12.3. The number of nitrogens with zero attached hydrogens (tertiary/aromatic N) is 4. The van der Waals surface area contributed by atoms with Gasteiger partial charge in [-0.2, -0.15) is 9.61 Å². The van der Waals surface area contributed by atoms with Crippen LogP contribution in [0.4, 0.5) is 0 Å². The maximum absolute atomic E-state index is 6.25. The Balaban J connectivity index is 1.97. The van der Waals surface area contributed by atoms with Gasteiger partial charge in [0.2, 0.25) is 4.96 Å². The molecule has 1 aliphatic rings. The lowest BCUT2D eigenvalue weighted by atomic mass is 9.88. The summed E-state index contributed by atoms with van der Waals surface area (Å²) in [7, 11) is 0. The fourth-order valence-corrected chi connectivity index (χ4v) is 3.22. The first-order chi connectivity index (χ1) is 8.97. The third-order valence-corrected chi connectivity index (χ3v) is 4.43. The number of nitrogens with two attached hydrogens (primary N) is 1. The summed E-state index contributed by atoms with van der Waals surface area (Å²) in [5.41, 5.74) is 6.23. The summed E-state index contributed by atoms with van der Waals surface area (Å²) < 4.78 is 7.45. The van der Waals surface area contributed by atoms with E-state index in [1.807, 2.05) is 0 Å². The van der Waals surface area contributed by atoms with Gasteiger partial charge in [0.05, 0.1) is 6.04 Å². The molecule has 104 valence electrons. The van der Waals surface area contributed by atoms with Gasteiger partial charge < -0.3 is 10.5 Å². The molecule has 1 fully saturated rings. The highest BCUT2D eigenvalue weighted by Gasteiger charge is 2.29. The second-order valence-electron chi connectivity index (χ2n) is 6.04. The molecule has 2 N–H and O–H groups in total. The largest absolute Gasteiger partial charge is 0.370 e. The average molecular weight is 281 g/mol. The Bertz CT molecular complexity index is 578. The fraction of sp³-hybridized carbons (Fsp3) is 0.750. The van der Waals surface area contributed by atoms with Crippen LogP contribution in [-0.4, -0.2) is 26.4 Å². The molecule has 1 aliphatic heterocycles. The molecule has 3 heterocycles. The number of fused-ring (bicyclic) bond motifs is 1. The topological polar surface area (TPSA) is 78.3 Å². The van der Waals surface area contributed by atoms with Gasteiger partial charge in [0.25, 0.3) is 0 Å². The molecule has 19 heavy (non-hydrogen) atoms. The van der Waals surface area contributed by atoms with Crippen LogP contribution in [0.25, 0.3) is 4.96 Å². The predicted octanol–water partition coefficient (Wildman–Crippen LogP) is 2.08. The highest BCUT2D eigenvalue weighted by molar-refractivity contribution is 7.16. The van der Waals surface area contributed by atoms with E-state index in [1.165, 1.54) is 11.3 Å². The minimum Gasteiger partial charge on any atom is -0.370 e. The molecule has 0 amide bonds. The van der Waals surface area contributed by atoms with Gasteiger partial charge in [-0.1, -0.05) is 32.1 Å². The number of ether oxygens (including phenoxy) is 1. The molecule has 2 aromatic rings. The minimum absolute atomic E-state index is 0.0205. The number of hydrogen-bond donors (Lipinski definition) is 1. The van der Waals surface area contributed by atoms with Crippen molar-refractivity contribution >= 4 is 16.3 Å². The molecular formula is C12H19N5OS. The third-order valence-electron chi connectivity index (χ3n) is 3.45. The van der Waals surface area contributed by atoms with Crippen molar-refractivity contribution in [3.8, 4) is 0 Å². The Morgan fingerprint density at radius 1 is 1.42 bits per heavy atom. The Hall–Kier alpha value is -1.05. The van der Waals surface area contributed by atoms with Crippen LogP contribution in [0, 0.1) is 5.41 Å². The zero-order chi connectivity index (χ0) is 13.6. The van der Waals surface area contributed by atoms with E-state index < -0.39 is 0 Å². The number of rotatable bonds is 2. The van der Waals surface area contributed by atoms with Gasteiger partial charge in [0, 0.05) is 6.61 Å². The molecule has 6 nitrogen and oxygen atoms in total. The van der Waals surface area contributed by atoms with Crippen LogP contribution in [0.15, 0.2) is 0 Å². The highest BCUT2D eigenvalue weighted by atomic mass is 32.1. The molecule has 2 atom stereocenters. The molecule has 1 saturated heterocycles. The van der Waals surface area contributed by atoms with Crippen LogP contribution in [-0.2, 0) is 4.74 Å². The Morgan fingerprint density at radius 3 is 2.84 bits per heavy atom. The molecule has 0 saturated carbocycles. The maximum atomic E-state index is 6.25. The van der Waals surface area contributed by atoms with Crippen LogP contribution in [0.3, 0.4) is 0 Å². The van der Waals surface area contributed by atoms with E-state index in [0.717, 1.165) is 35.2 Å². The third kappa shape index (κ3) is 2.26. The predicted molar refractivity (Wildman–Crippen MR) is 73.0 cm³/mol. The molecule has 2 aromatic heterocycles. The van der Waals surface area contributed by atoms with Crippen LogP contribution < -0.4 is 5.73 Å². The Morgan fingerprint density at radius 2 is 2.21 bits per heavy atom. The quantitative estimate of drug-likeness (QED) is 0.911. The molecule has 0 bridgehead atoms. The number of hydrogen-bond acceptors (Lipinski definition) is 6. The summed E-state index contributed by atoms with van der Waals surface area (Å²) in [6.45, 7) is 7.13. The van der Waals surface area contributed by atoms with Crippen LogP contribution in [0.5, 0.6) is 0 Å². The van der Waals surface area contributed by atoms with Crippen molar-refractivity contribution in [3.05, 3.63) is 10.8 Å². The maximum Gasteiger partial charge on any atom is 0.234 e. The van der Waals surface area contributed by atoms with Crippen LogP contribution in [0.2, 0.25) is 0 Å². The lowest BCUT2D eigenvalue weighted by Crippen LogP contribution is -2.26. The molecule has 3 rings (SSSR count). The van der Waals surface area contributed by atoms with Gasteiger partial charge >= 0.3 is 0 Å². The molecule has 0 radical (unpaired) electrons. The van der Waals surface area contributed by atoms with Crippen molar-refractivity contribution in [2.75, 3.05) is 6.61 Å². The first-order valence-corrected chi connectivity index (χ1v) is 7.37. The number of aromatic nitrogens is 4. The van der Waals surface area contributed by atoms with Gasteiger partial charge in [0.15, 0.2) is 5.82 Å². The second kappa shape index (κ2) is 4.50. The average Bonchev–Trinajstić information content (AvgIpc) is 3.01. The van der Waals surface area contributed by atoms with Gasteiger partial charge in [-0.15, -0.1) is 10.2 Å². The van der Waals surface area contributed by atoms with Crippen molar-refractivity contribution < 1.29 is 4.74 Å². The first kappa shape index (κ1) is 13.0. The first-order valence-electron chi connectivity index (χ1n) is 6.56. The van der Waals surface area contributed by atoms with Crippen LogP contribution in [0.1, 0.15) is 56.6 Å². The van der Waals surface area contributed by atoms with E-state index in [0.29, 0.717) is 0 Å². The van der Waals surface area contributed by atoms with Gasteiger partial charge in [-0.3, -0.25) is 0 Å². The molecular weight excluding hydrogens is 262 g/mol. The highest BCUT2D eigenvalue weighted by Crippen LogP contribution is 2.34. The van der Waals surface area contributed by atoms with Crippen molar-refractivity contribution in [3.63, 3.8) is 0 Å². The molecule has 0 aliphatic carbocycles. The summed E-state index contributed by atoms with van der Waals surface area (Å²) >= 11 is 1.51. The lowest BCUT2D eigenvalue weighted by molar-refractivity contribution is 0.103. The molecule has 0 spiro atoms. The summed E-state index contributed by atoms with van der Waals surface area (Å²) in [5, 5.41) is 13.9. The van der Waals surface area contributed by atoms with Gasteiger partial charge in [-0.25, -0.2) is 0 Å². The molecule has 0 aromatic carbocycles. The molecule has 7 heteroatoms. The smallest absolute Gasteiger partial charge is 0.234 e. The monoisotopic (exact) mass is 281 g/mol. The zero-order valence-electron chi connectivity index (χ0n) is 11.5. The summed E-state index contributed by atoms with van der Waals surface area (Å²) in [6, 6.07) is -0.100. The Kier molecular flexibility index (Phi) is 3.07. The standard InChI is InChI=1S/C12H19N5OS/c1-12(2,3)8(13)10-16-17-9(7-5-4-6-18-7)14-15-11(17)19-10/h7-8H,4-6,13H2,1-3H3. The Labute approximate surface area is 116 Å². The van der Waals surface area contributed by atoms with Crippen LogP contribution >= 0.6 is 11.3 Å². The van der Waals surface area contributed by atoms with E-state index in [-0.39, 0.29) is 17.6 Å². The van der Waals surface area contributed by atoms with Crippen molar-refractivity contribution in [2.24, 2.45) is 11.1 Å². The summed E-state index contributed by atoms with van der Waals surface area (Å²) in [4.78, 5) is 0.792. The van der Waals surface area contributed by atoms with E-state index in [9.17, 15) is 0 Å². The fourth-order valence-electron chi connectivity index (χ4n) is 2.13. The SMILES string of the molecule is CC(C)(C)C(N)c1nn2c(C3CCCO3)nnc2s1. The van der Waals surface area contributed by atoms with E-state index in [1.54, 1.807) is 4.52 Å². The summed E-state index contributed by atoms with van der Waals surface area (Å²) in [6.07, 6.45) is 2.08. The minimum atomic E-state index is -0.100. The lowest BCUT2D eigenvalue weighted by Gasteiger charge is -2.24. The van der Waals surface area contributed by atoms with E-state index in [4.69, 9.17) is 10.5 Å². The summed E-state index contributed by atoms with van der Waals surface area (Å²) in [5.74, 6) is 0.802. The van der Waals surface area contributed by atoms with E-state index in [2.05, 4.69) is 36.1 Å². The normalized spacial score (nSPS) is 22.2.